The van der Waals surface area contributed by atoms with Crippen LogP contribution in [0.1, 0.15) is 19.4 Å². The van der Waals surface area contributed by atoms with Gasteiger partial charge in [-0.1, -0.05) is 13.0 Å². The summed E-state index contributed by atoms with van der Waals surface area (Å²) < 4.78 is 0. The number of benzene rings is 1. The number of aryl methyl sites for hydroxylation is 1. The second kappa shape index (κ2) is 7.28. The Morgan fingerprint density at radius 1 is 1.30 bits per heavy atom. The number of hydrogen-bond donors (Lipinski definition) is 1. The van der Waals surface area contributed by atoms with E-state index in [4.69, 9.17) is 0 Å². The highest BCUT2D eigenvalue weighted by Gasteiger charge is 2.23. The SMILES string of the molecule is CCN(C[C@@H]1CNCCN1CC)c1ccc(C)c2ncccc12. The number of piperazine rings is 1. The van der Waals surface area contributed by atoms with Gasteiger partial charge in [-0.25, -0.2) is 0 Å². The molecule has 2 heterocycles. The van der Waals surface area contributed by atoms with E-state index in [2.05, 4.69) is 59.1 Å². The van der Waals surface area contributed by atoms with E-state index in [1.165, 1.54) is 16.6 Å². The molecule has 0 aliphatic carbocycles. The van der Waals surface area contributed by atoms with E-state index in [-0.39, 0.29) is 0 Å². The molecule has 2 aromatic rings. The molecular weight excluding hydrogens is 284 g/mol. The van der Waals surface area contributed by atoms with E-state index in [1.807, 2.05) is 12.3 Å². The minimum Gasteiger partial charge on any atom is -0.370 e. The Kier molecular flexibility index (Phi) is 5.13. The van der Waals surface area contributed by atoms with Crippen molar-refractivity contribution in [3.63, 3.8) is 0 Å². The molecule has 1 aromatic heterocycles. The van der Waals surface area contributed by atoms with Crippen molar-refractivity contribution >= 4 is 16.6 Å². The van der Waals surface area contributed by atoms with Crippen molar-refractivity contribution in [3.8, 4) is 0 Å². The third-order valence-electron chi connectivity index (χ3n) is 4.98. The van der Waals surface area contributed by atoms with Crippen LogP contribution in [-0.4, -0.2) is 55.2 Å². The van der Waals surface area contributed by atoms with Gasteiger partial charge in [0.05, 0.1) is 5.52 Å². The first kappa shape index (κ1) is 16.2. The van der Waals surface area contributed by atoms with Crippen LogP contribution in [0, 0.1) is 6.92 Å². The maximum Gasteiger partial charge on any atom is 0.0751 e. The maximum absolute atomic E-state index is 4.59. The molecule has 0 saturated carbocycles. The number of pyridine rings is 1. The van der Waals surface area contributed by atoms with Crippen molar-refractivity contribution < 1.29 is 0 Å². The van der Waals surface area contributed by atoms with Gasteiger partial charge in [0.15, 0.2) is 0 Å². The highest BCUT2D eigenvalue weighted by atomic mass is 15.3. The summed E-state index contributed by atoms with van der Waals surface area (Å²) in [4.78, 5) is 9.68. The van der Waals surface area contributed by atoms with Crippen molar-refractivity contribution in [2.24, 2.45) is 0 Å². The molecule has 0 bridgehead atoms. The second-order valence-electron chi connectivity index (χ2n) is 6.33. The minimum absolute atomic E-state index is 0.571. The van der Waals surface area contributed by atoms with Gasteiger partial charge in [-0.3, -0.25) is 9.88 Å². The van der Waals surface area contributed by atoms with E-state index >= 15 is 0 Å². The van der Waals surface area contributed by atoms with E-state index in [1.54, 1.807) is 0 Å². The Labute approximate surface area is 139 Å². The molecule has 4 heteroatoms. The zero-order chi connectivity index (χ0) is 16.2. The summed E-state index contributed by atoms with van der Waals surface area (Å²) in [6.45, 7) is 13.2. The molecular formula is C19H28N4. The van der Waals surface area contributed by atoms with Crippen LogP contribution in [0.2, 0.25) is 0 Å². The Morgan fingerprint density at radius 2 is 2.17 bits per heavy atom. The summed E-state index contributed by atoms with van der Waals surface area (Å²) in [5.74, 6) is 0. The highest BCUT2D eigenvalue weighted by Crippen LogP contribution is 2.28. The van der Waals surface area contributed by atoms with Crippen LogP contribution in [0.5, 0.6) is 0 Å². The van der Waals surface area contributed by atoms with E-state index in [0.29, 0.717) is 6.04 Å². The van der Waals surface area contributed by atoms with Crippen LogP contribution >= 0.6 is 0 Å². The molecule has 124 valence electrons. The van der Waals surface area contributed by atoms with Gasteiger partial charge in [0.25, 0.3) is 0 Å². The molecule has 1 aliphatic heterocycles. The predicted molar refractivity (Wildman–Crippen MR) is 98.3 cm³/mol. The summed E-state index contributed by atoms with van der Waals surface area (Å²) in [5.41, 5.74) is 3.68. The number of likely N-dealkylation sites (N-methyl/N-ethyl adjacent to an activating group) is 2. The summed E-state index contributed by atoms with van der Waals surface area (Å²) >= 11 is 0. The average molecular weight is 312 g/mol. The third kappa shape index (κ3) is 3.33. The largest absolute Gasteiger partial charge is 0.370 e. The fourth-order valence-electron chi connectivity index (χ4n) is 3.63. The second-order valence-corrected chi connectivity index (χ2v) is 6.33. The quantitative estimate of drug-likeness (QED) is 0.920. The molecule has 0 spiro atoms. The molecule has 23 heavy (non-hydrogen) atoms. The van der Waals surface area contributed by atoms with Gasteiger partial charge in [0.2, 0.25) is 0 Å². The molecule has 0 amide bonds. The van der Waals surface area contributed by atoms with Gasteiger partial charge < -0.3 is 10.2 Å². The molecule has 4 nitrogen and oxygen atoms in total. The topological polar surface area (TPSA) is 31.4 Å². The molecule has 1 saturated heterocycles. The van der Waals surface area contributed by atoms with Crippen molar-refractivity contribution in [1.29, 1.82) is 0 Å². The normalized spacial score (nSPS) is 19.2. The van der Waals surface area contributed by atoms with Crippen LogP contribution in [0.3, 0.4) is 0 Å². The molecule has 1 fully saturated rings. The van der Waals surface area contributed by atoms with Crippen molar-refractivity contribution in [2.75, 3.05) is 44.2 Å². The zero-order valence-electron chi connectivity index (χ0n) is 14.5. The van der Waals surface area contributed by atoms with Crippen LogP contribution in [0.15, 0.2) is 30.5 Å². The van der Waals surface area contributed by atoms with Crippen molar-refractivity contribution in [1.82, 2.24) is 15.2 Å². The van der Waals surface area contributed by atoms with Crippen LogP contribution in [0.25, 0.3) is 10.9 Å². The van der Waals surface area contributed by atoms with Gasteiger partial charge >= 0.3 is 0 Å². The third-order valence-corrected chi connectivity index (χ3v) is 4.98. The molecule has 0 unspecified atom stereocenters. The Morgan fingerprint density at radius 3 is 2.96 bits per heavy atom. The monoisotopic (exact) mass is 312 g/mol. The van der Waals surface area contributed by atoms with E-state index in [0.717, 1.165) is 44.8 Å². The first-order valence-electron chi connectivity index (χ1n) is 8.78. The first-order chi connectivity index (χ1) is 11.2. The molecule has 3 rings (SSSR count). The number of rotatable bonds is 5. The Bertz CT molecular complexity index is 655. The first-order valence-corrected chi connectivity index (χ1v) is 8.78. The summed E-state index contributed by atoms with van der Waals surface area (Å²) in [6.07, 6.45) is 1.89. The average Bonchev–Trinajstić information content (AvgIpc) is 2.61. The molecule has 1 atom stereocenters. The highest BCUT2D eigenvalue weighted by molar-refractivity contribution is 5.93. The number of anilines is 1. The van der Waals surface area contributed by atoms with Crippen molar-refractivity contribution in [3.05, 3.63) is 36.0 Å². The molecule has 1 aromatic carbocycles. The predicted octanol–water partition coefficient (Wildman–Crippen LogP) is 2.66. The fourth-order valence-corrected chi connectivity index (χ4v) is 3.63. The Balaban J connectivity index is 1.90. The lowest BCUT2D eigenvalue weighted by molar-refractivity contribution is 0.172. The smallest absolute Gasteiger partial charge is 0.0751 e. The summed E-state index contributed by atoms with van der Waals surface area (Å²) in [6, 6.07) is 9.27. The van der Waals surface area contributed by atoms with Gasteiger partial charge in [0, 0.05) is 56.0 Å². The summed E-state index contributed by atoms with van der Waals surface area (Å²) in [7, 11) is 0. The van der Waals surface area contributed by atoms with Gasteiger partial charge in [0.1, 0.15) is 0 Å². The lowest BCUT2D eigenvalue weighted by atomic mass is 10.1. The maximum atomic E-state index is 4.59. The number of fused-ring (bicyclic) bond motifs is 1. The van der Waals surface area contributed by atoms with Crippen LogP contribution in [0.4, 0.5) is 5.69 Å². The lowest BCUT2D eigenvalue weighted by Gasteiger charge is -2.39. The zero-order valence-corrected chi connectivity index (χ0v) is 14.5. The van der Waals surface area contributed by atoms with Gasteiger partial charge in [-0.05, 0) is 44.2 Å². The number of aromatic nitrogens is 1. The molecule has 1 aliphatic rings. The fraction of sp³-hybridized carbons (Fsp3) is 0.526. The van der Waals surface area contributed by atoms with Crippen LogP contribution in [-0.2, 0) is 0 Å². The Hall–Kier alpha value is -1.65. The standard InChI is InChI=1S/C19H28N4/c1-4-22-12-11-20-13-16(22)14-23(5-2)18-9-8-15(3)19-17(18)7-6-10-21-19/h6-10,16,20H,4-5,11-14H2,1-3H3/t16-/m0/s1. The number of hydrogen-bond acceptors (Lipinski definition) is 4. The van der Waals surface area contributed by atoms with Crippen LogP contribution < -0.4 is 10.2 Å². The number of nitrogens with one attached hydrogen (secondary N) is 1. The molecule has 0 radical (unpaired) electrons. The van der Waals surface area contributed by atoms with Crippen molar-refractivity contribution in [2.45, 2.75) is 26.8 Å². The lowest BCUT2D eigenvalue weighted by Crippen LogP contribution is -2.55. The van der Waals surface area contributed by atoms with Gasteiger partial charge in [-0.15, -0.1) is 0 Å². The van der Waals surface area contributed by atoms with E-state index < -0.39 is 0 Å². The summed E-state index contributed by atoms with van der Waals surface area (Å²) in [5, 5.41) is 4.81. The molecule has 1 N–H and O–H groups in total. The number of nitrogens with zero attached hydrogens (tertiary/aromatic N) is 3. The minimum atomic E-state index is 0.571. The van der Waals surface area contributed by atoms with Gasteiger partial charge in [-0.2, -0.15) is 0 Å². The van der Waals surface area contributed by atoms with E-state index in [9.17, 15) is 0 Å².